The van der Waals surface area contributed by atoms with E-state index in [4.69, 9.17) is 4.74 Å². The number of likely N-dealkylation sites (tertiary alicyclic amines) is 1. The Morgan fingerprint density at radius 2 is 2.00 bits per heavy atom. The Bertz CT molecular complexity index is 164. The Labute approximate surface area is 80.1 Å². The summed E-state index contributed by atoms with van der Waals surface area (Å²) < 4.78 is 4.78. The summed E-state index contributed by atoms with van der Waals surface area (Å²) in [5.74, 6) is -0.0793. The van der Waals surface area contributed by atoms with Gasteiger partial charge in [-0.15, -0.1) is 0 Å². The van der Waals surface area contributed by atoms with E-state index in [1.807, 2.05) is 6.92 Å². The highest BCUT2D eigenvalue weighted by Gasteiger charge is 2.25. The topological polar surface area (TPSA) is 29.5 Å². The lowest BCUT2D eigenvalue weighted by Crippen LogP contribution is -2.44. The number of piperidine rings is 1. The van der Waals surface area contributed by atoms with Crippen LogP contribution in [-0.2, 0) is 9.53 Å². The van der Waals surface area contributed by atoms with Crippen molar-refractivity contribution in [2.75, 3.05) is 20.2 Å². The number of carbonyl (C=O) groups excluding carboxylic acids is 1. The molecule has 0 saturated carbocycles. The molecule has 3 heteroatoms. The van der Waals surface area contributed by atoms with Crippen molar-refractivity contribution in [2.45, 2.75) is 38.6 Å². The Morgan fingerprint density at radius 1 is 1.38 bits per heavy atom. The molecule has 13 heavy (non-hydrogen) atoms. The summed E-state index contributed by atoms with van der Waals surface area (Å²) in [5.41, 5.74) is 0. The second kappa shape index (κ2) is 5.22. The highest BCUT2D eigenvalue weighted by atomic mass is 16.5. The quantitative estimate of drug-likeness (QED) is 0.623. The van der Waals surface area contributed by atoms with E-state index in [1.54, 1.807) is 0 Å². The van der Waals surface area contributed by atoms with E-state index in [1.165, 1.54) is 26.4 Å². The van der Waals surface area contributed by atoms with Crippen molar-refractivity contribution in [1.82, 2.24) is 4.90 Å². The second-order valence-electron chi connectivity index (χ2n) is 3.54. The van der Waals surface area contributed by atoms with Crippen LogP contribution in [-0.4, -0.2) is 37.1 Å². The largest absolute Gasteiger partial charge is 0.468 e. The fourth-order valence-corrected chi connectivity index (χ4v) is 1.94. The van der Waals surface area contributed by atoms with Crippen LogP contribution in [0.2, 0.25) is 0 Å². The number of hydrogen-bond acceptors (Lipinski definition) is 3. The summed E-state index contributed by atoms with van der Waals surface area (Å²) in [4.78, 5) is 13.6. The molecule has 1 saturated heterocycles. The molecule has 0 radical (unpaired) electrons. The van der Waals surface area contributed by atoms with Gasteiger partial charge in [0.15, 0.2) is 0 Å². The molecule has 0 amide bonds. The van der Waals surface area contributed by atoms with Crippen LogP contribution in [0.4, 0.5) is 0 Å². The first-order valence-corrected chi connectivity index (χ1v) is 5.11. The van der Waals surface area contributed by atoms with Gasteiger partial charge in [0.2, 0.25) is 0 Å². The molecule has 0 N–H and O–H groups in total. The highest BCUT2D eigenvalue weighted by Crippen LogP contribution is 2.14. The second-order valence-corrected chi connectivity index (χ2v) is 3.54. The molecule has 1 fully saturated rings. The van der Waals surface area contributed by atoms with Gasteiger partial charge in [0.25, 0.3) is 0 Å². The van der Waals surface area contributed by atoms with Crippen molar-refractivity contribution < 1.29 is 9.53 Å². The lowest BCUT2D eigenvalue weighted by atomic mass is 10.1. The van der Waals surface area contributed by atoms with Crippen molar-refractivity contribution in [2.24, 2.45) is 0 Å². The molecule has 1 rings (SSSR count). The summed E-state index contributed by atoms with van der Waals surface area (Å²) in [6.07, 6.45) is 4.59. The van der Waals surface area contributed by atoms with Gasteiger partial charge < -0.3 is 4.74 Å². The zero-order chi connectivity index (χ0) is 9.68. The number of esters is 1. The molecular weight excluding hydrogens is 166 g/mol. The maximum atomic E-state index is 11.4. The minimum Gasteiger partial charge on any atom is -0.468 e. The van der Waals surface area contributed by atoms with Crippen LogP contribution in [0.1, 0.15) is 32.6 Å². The molecule has 1 atom stereocenters. The third-order valence-corrected chi connectivity index (χ3v) is 2.69. The van der Waals surface area contributed by atoms with Crippen LogP contribution >= 0.6 is 0 Å². The number of carbonyl (C=O) groups is 1. The molecule has 1 aliphatic heterocycles. The third kappa shape index (κ3) is 2.69. The number of methoxy groups -OCH3 is 1. The van der Waals surface area contributed by atoms with Crippen molar-refractivity contribution in [3.8, 4) is 0 Å². The fraction of sp³-hybridized carbons (Fsp3) is 0.900. The summed E-state index contributed by atoms with van der Waals surface area (Å²) in [7, 11) is 1.47. The Balaban J connectivity index is 2.48. The summed E-state index contributed by atoms with van der Waals surface area (Å²) >= 11 is 0. The monoisotopic (exact) mass is 185 g/mol. The smallest absolute Gasteiger partial charge is 0.323 e. The molecule has 1 aliphatic rings. The standard InChI is InChI=1S/C10H19NO2/c1-3-9(10(12)13-2)11-7-5-4-6-8-11/h9H,3-8H2,1-2H3/t9-/m0/s1. The zero-order valence-corrected chi connectivity index (χ0v) is 8.58. The molecule has 0 unspecified atom stereocenters. The van der Waals surface area contributed by atoms with E-state index in [-0.39, 0.29) is 12.0 Å². The number of ether oxygens (including phenoxy) is 1. The van der Waals surface area contributed by atoms with Crippen molar-refractivity contribution in [3.05, 3.63) is 0 Å². The van der Waals surface area contributed by atoms with Gasteiger partial charge in [-0.05, 0) is 32.4 Å². The average molecular weight is 185 g/mol. The third-order valence-electron chi connectivity index (χ3n) is 2.69. The van der Waals surface area contributed by atoms with Gasteiger partial charge in [-0.1, -0.05) is 13.3 Å². The molecule has 76 valence electrons. The normalized spacial score (nSPS) is 21.1. The first kappa shape index (κ1) is 10.5. The first-order chi connectivity index (χ1) is 6.29. The highest BCUT2D eigenvalue weighted by molar-refractivity contribution is 5.75. The maximum absolute atomic E-state index is 11.4. The van der Waals surface area contributed by atoms with Crippen molar-refractivity contribution >= 4 is 5.97 Å². The SMILES string of the molecule is CC[C@@H](C(=O)OC)N1CCCCC1. The van der Waals surface area contributed by atoms with Gasteiger partial charge in [-0.25, -0.2) is 0 Å². The van der Waals surface area contributed by atoms with E-state index in [0.29, 0.717) is 0 Å². The van der Waals surface area contributed by atoms with Crippen LogP contribution in [0.15, 0.2) is 0 Å². The predicted octanol–water partition coefficient (Wildman–Crippen LogP) is 1.42. The van der Waals surface area contributed by atoms with Crippen LogP contribution in [0, 0.1) is 0 Å². The molecule has 0 aromatic carbocycles. The fourth-order valence-electron chi connectivity index (χ4n) is 1.94. The van der Waals surface area contributed by atoms with Crippen LogP contribution in [0.3, 0.4) is 0 Å². The Hall–Kier alpha value is -0.570. The van der Waals surface area contributed by atoms with Crippen LogP contribution in [0.5, 0.6) is 0 Å². The summed E-state index contributed by atoms with van der Waals surface area (Å²) in [6.45, 7) is 4.14. The molecule has 0 spiro atoms. The maximum Gasteiger partial charge on any atom is 0.323 e. The number of nitrogens with zero attached hydrogens (tertiary/aromatic N) is 1. The lowest BCUT2D eigenvalue weighted by molar-refractivity contribution is -0.147. The minimum atomic E-state index is -0.0793. The molecule has 0 aromatic heterocycles. The van der Waals surface area contributed by atoms with Gasteiger partial charge in [0, 0.05) is 0 Å². The van der Waals surface area contributed by atoms with Crippen molar-refractivity contribution in [1.29, 1.82) is 0 Å². The predicted molar refractivity (Wildman–Crippen MR) is 51.5 cm³/mol. The van der Waals surface area contributed by atoms with Crippen LogP contribution < -0.4 is 0 Å². The molecule has 0 bridgehead atoms. The average Bonchev–Trinajstić information content (AvgIpc) is 2.20. The Kier molecular flexibility index (Phi) is 4.22. The zero-order valence-electron chi connectivity index (χ0n) is 8.58. The van der Waals surface area contributed by atoms with E-state index < -0.39 is 0 Å². The van der Waals surface area contributed by atoms with E-state index in [9.17, 15) is 4.79 Å². The van der Waals surface area contributed by atoms with Crippen molar-refractivity contribution in [3.63, 3.8) is 0 Å². The number of hydrogen-bond donors (Lipinski definition) is 0. The van der Waals surface area contributed by atoms with E-state index in [0.717, 1.165) is 19.5 Å². The Morgan fingerprint density at radius 3 is 2.46 bits per heavy atom. The molecular formula is C10H19NO2. The van der Waals surface area contributed by atoms with Gasteiger partial charge in [0.05, 0.1) is 7.11 Å². The van der Waals surface area contributed by atoms with Gasteiger partial charge >= 0.3 is 5.97 Å². The van der Waals surface area contributed by atoms with Gasteiger partial charge in [0.1, 0.15) is 6.04 Å². The van der Waals surface area contributed by atoms with E-state index in [2.05, 4.69) is 4.90 Å². The van der Waals surface area contributed by atoms with Gasteiger partial charge in [-0.3, -0.25) is 9.69 Å². The van der Waals surface area contributed by atoms with E-state index >= 15 is 0 Å². The molecule has 0 aliphatic carbocycles. The van der Waals surface area contributed by atoms with Crippen LogP contribution in [0.25, 0.3) is 0 Å². The summed E-state index contributed by atoms with van der Waals surface area (Å²) in [5, 5.41) is 0. The van der Waals surface area contributed by atoms with Gasteiger partial charge in [-0.2, -0.15) is 0 Å². The minimum absolute atomic E-state index is 0.00898. The first-order valence-electron chi connectivity index (χ1n) is 5.11. The molecule has 1 heterocycles. The molecule has 0 aromatic rings. The number of rotatable bonds is 3. The lowest BCUT2D eigenvalue weighted by Gasteiger charge is -2.31. The molecule has 3 nitrogen and oxygen atoms in total. The summed E-state index contributed by atoms with van der Waals surface area (Å²) in [6, 6.07) is -0.00898.